The van der Waals surface area contributed by atoms with Crippen molar-refractivity contribution in [2.45, 2.75) is 34.1 Å². The number of hydrogen-bond donors (Lipinski definition) is 0. The van der Waals surface area contributed by atoms with Crippen LogP contribution < -0.4 is 0 Å². The standard InChI is InChI=1S/C14H24O4/c1-9(2)7-11(10(3)4)12(14(16)18-6)8-13(15)17-5/h8-11H,7H2,1-6H3/b12-8-. The normalized spacial score (nSPS) is 13.7. The minimum Gasteiger partial charge on any atom is -0.466 e. The molecule has 0 radical (unpaired) electrons. The number of rotatable bonds is 6. The molecule has 4 heteroatoms. The van der Waals surface area contributed by atoms with Gasteiger partial charge in [-0.25, -0.2) is 9.59 Å². The molecule has 18 heavy (non-hydrogen) atoms. The summed E-state index contributed by atoms with van der Waals surface area (Å²) in [6, 6.07) is 0. The third-order valence-corrected chi connectivity index (χ3v) is 2.83. The summed E-state index contributed by atoms with van der Waals surface area (Å²) >= 11 is 0. The predicted molar refractivity (Wildman–Crippen MR) is 69.9 cm³/mol. The Morgan fingerprint density at radius 2 is 1.61 bits per heavy atom. The van der Waals surface area contributed by atoms with E-state index < -0.39 is 11.9 Å². The van der Waals surface area contributed by atoms with E-state index >= 15 is 0 Å². The Morgan fingerprint density at radius 1 is 1.06 bits per heavy atom. The van der Waals surface area contributed by atoms with Gasteiger partial charge in [-0.15, -0.1) is 0 Å². The first-order valence-electron chi connectivity index (χ1n) is 6.21. The van der Waals surface area contributed by atoms with Gasteiger partial charge in [0.2, 0.25) is 0 Å². The van der Waals surface area contributed by atoms with Gasteiger partial charge in [-0.2, -0.15) is 0 Å². The van der Waals surface area contributed by atoms with Crippen LogP contribution in [0.4, 0.5) is 0 Å². The predicted octanol–water partition coefficient (Wildman–Crippen LogP) is 2.58. The Balaban J connectivity index is 5.30. The third-order valence-electron chi connectivity index (χ3n) is 2.83. The number of hydrogen-bond acceptors (Lipinski definition) is 4. The molecule has 0 aromatic heterocycles. The lowest BCUT2D eigenvalue weighted by Crippen LogP contribution is -2.22. The Hall–Kier alpha value is -1.32. The third kappa shape index (κ3) is 5.34. The van der Waals surface area contributed by atoms with Gasteiger partial charge in [0, 0.05) is 11.6 Å². The van der Waals surface area contributed by atoms with E-state index in [0.29, 0.717) is 11.5 Å². The maximum absolute atomic E-state index is 11.8. The van der Waals surface area contributed by atoms with Crippen LogP contribution in [0.25, 0.3) is 0 Å². The first-order chi connectivity index (χ1) is 8.33. The number of carbonyl (C=O) groups is 2. The van der Waals surface area contributed by atoms with E-state index in [1.165, 1.54) is 20.3 Å². The lowest BCUT2D eigenvalue weighted by Gasteiger charge is -2.24. The van der Waals surface area contributed by atoms with Crippen molar-refractivity contribution in [1.82, 2.24) is 0 Å². The number of esters is 2. The van der Waals surface area contributed by atoms with E-state index in [4.69, 9.17) is 4.74 Å². The largest absolute Gasteiger partial charge is 0.466 e. The van der Waals surface area contributed by atoms with E-state index in [-0.39, 0.29) is 11.8 Å². The topological polar surface area (TPSA) is 52.6 Å². The molecule has 0 fully saturated rings. The van der Waals surface area contributed by atoms with Crippen molar-refractivity contribution in [2.24, 2.45) is 17.8 Å². The van der Waals surface area contributed by atoms with Crippen LogP contribution in [0.3, 0.4) is 0 Å². The van der Waals surface area contributed by atoms with Gasteiger partial charge in [-0.3, -0.25) is 0 Å². The molecular formula is C14H24O4. The quantitative estimate of drug-likeness (QED) is 0.541. The van der Waals surface area contributed by atoms with Crippen LogP contribution >= 0.6 is 0 Å². The van der Waals surface area contributed by atoms with Crippen molar-refractivity contribution >= 4 is 11.9 Å². The summed E-state index contributed by atoms with van der Waals surface area (Å²) in [6.07, 6.45) is 2.08. The van der Waals surface area contributed by atoms with E-state index in [2.05, 4.69) is 18.6 Å². The number of carbonyl (C=O) groups excluding carboxylic acids is 2. The smallest absolute Gasteiger partial charge is 0.334 e. The highest BCUT2D eigenvalue weighted by molar-refractivity contribution is 5.96. The second-order valence-corrected chi connectivity index (χ2v) is 5.09. The highest BCUT2D eigenvalue weighted by atomic mass is 16.5. The van der Waals surface area contributed by atoms with E-state index in [0.717, 1.165) is 6.42 Å². The first-order valence-corrected chi connectivity index (χ1v) is 6.21. The summed E-state index contributed by atoms with van der Waals surface area (Å²) in [5.74, 6) is -0.299. The molecule has 0 aromatic carbocycles. The Kier molecular flexibility index (Phi) is 7.32. The molecule has 0 aliphatic rings. The van der Waals surface area contributed by atoms with Crippen LogP contribution in [0.1, 0.15) is 34.1 Å². The van der Waals surface area contributed by atoms with Crippen LogP contribution in [0.2, 0.25) is 0 Å². The Labute approximate surface area is 109 Å². The first kappa shape index (κ1) is 16.7. The number of ether oxygens (including phenoxy) is 2. The highest BCUT2D eigenvalue weighted by Gasteiger charge is 2.26. The molecule has 0 saturated carbocycles. The van der Waals surface area contributed by atoms with Crippen molar-refractivity contribution in [3.8, 4) is 0 Å². The van der Waals surface area contributed by atoms with Crippen LogP contribution in [0.15, 0.2) is 11.6 Å². The van der Waals surface area contributed by atoms with Crippen molar-refractivity contribution in [2.75, 3.05) is 14.2 Å². The van der Waals surface area contributed by atoms with E-state index in [1.807, 2.05) is 13.8 Å². The summed E-state index contributed by atoms with van der Waals surface area (Å²) in [5, 5.41) is 0. The van der Waals surface area contributed by atoms with Gasteiger partial charge in [0.1, 0.15) is 0 Å². The molecule has 4 nitrogen and oxygen atoms in total. The maximum Gasteiger partial charge on any atom is 0.334 e. The Bertz CT molecular complexity index is 316. The van der Waals surface area contributed by atoms with Crippen LogP contribution in [0, 0.1) is 17.8 Å². The van der Waals surface area contributed by atoms with Crippen LogP contribution in [0.5, 0.6) is 0 Å². The zero-order valence-corrected chi connectivity index (χ0v) is 12.1. The second kappa shape index (κ2) is 7.90. The molecule has 0 spiro atoms. The lowest BCUT2D eigenvalue weighted by molar-refractivity contribution is -0.139. The zero-order chi connectivity index (χ0) is 14.3. The maximum atomic E-state index is 11.8. The fourth-order valence-corrected chi connectivity index (χ4v) is 1.89. The molecule has 0 rings (SSSR count). The second-order valence-electron chi connectivity index (χ2n) is 5.09. The van der Waals surface area contributed by atoms with Gasteiger partial charge in [0.05, 0.1) is 14.2 Å². The summed E-state index contributed by atoms with van der Waals surface area (Å²) in [6.45, 7) is 8.23. The van der Waals surface area contributed by atoms with Gasteiger partial charge in [-0.05, 0) is 24.2 Å². The minimum absolute atomic E-state index is 0.00319. The van der Waals surface area contributed by atoms with Gasteiger partial charge in [0.25, 0.3) is 0 Å². The van der Waals surface area contributed by atoms with Crippen molar-refractivity contribution in [1.29, 1.82) is 0 Å². The van der Waals surface area contributed by atoms with E-state index in [9.17, 15) is 9.59 Å². The fourth-order valence-electron chi connectivity index (χ4n) is 1.89. The minimum atomic E-state index is -0.523. The van der Waals surface area contributed by atoms with E-state index in [1.54, 1.807) is 0 Å². The van der Waals surface area contributed by atoms with Crippen LogP contribution in [-0.4, -0.2) is 26.2 Å². The van der Waals surface area contributed by atoms with Gasteiger partial charge >= 0.3 is 11.9 Å². The number of methoxy groups -OCH3 is 2. The summed E-state index contributed by atoms with van der Waals surface area (Å²) in [4.78, 5) is 23.1. The van der Waals surface area contributed by atoms with Crippen molar-refractivity contribution in [3.05, 3.63) is 11.6 Å². The molecule has 104 valence electrons. The molecule has 0 aliphatic heterocycles. The summed E-state index contributed by atoms with van der Waals surface area (Å²) in [7, 11) is 2.61. The average Bonchev–Trinajstić information content (AvgIpc) is 2.31. The molecule has 0 aromatic rings. The molecule has 1 atom stereocenters. The molecule has 1 unspecified atom stereocenters. The van der Waals surface area contributed by atoms with Crippen molar-refractivity contribution in [3.63, 3.8) is 0 Å². The summed E-state index contributed by atoms with van der Waals surface area (Å²) in [5.41, 5.74) is 0.396. The van der Waals surface area contributed by atoms with Gasteiger partial charge in [-0.1, -0.05) is 27.7 Å². The summed E-state index contributed by atoms with van der Waals surface area (Å²) < 4.78 is 9.34. The van der Waals surface area contributed by atoms with Gasteiger partial charge in [0.15, 0.2) is 0 Å². The van der Waals surface area contributed by atoms with Gasteiger partial charge < -0.3 is 9.47 Å². The monoisotopic (exact) mass is 256 g/mol. The molecule has 0 saturated heterocycles. The lowest BCUT2D eigenvalue weighted by atomic mass is 9.81. The highest BCUT2D eigenvalue weighted by Crippen LogP contribution is 2.28. The Morgan fingerprint density at radius 3 is 1.94 bits per heavy atom. The SMILES string of the molecule is COC(=O)/C=C(\C(=O)OC)C(CC(C)C)C(C)C. The molecule has 0 N–H and O–H groups in total. The molecular weight excluding hydrogens is 232 g/mol. The molecule has 0 aliphatic carbocycles. The molecule has 0 heterocycles. The molecule has 0 amide bonds. The molecule has 0 bridgehead atoms. The zero-order valence-electron chi connectivity index (χ0n) is 12.1. The average molecular weight is 256 g/mol. The van der Waals surface area contributed by atoms with Crippen molar-refractivity contribution < 1.29 is 19.1 Å². The fraction of sp³-hybridized carbons (Fsp3) is 0.714. The van der Waals surface area contributed by atoms with Crippen LogP contribution in [-0.2, 0) is 19.1 Å².